The number of nitrogens with two attached hydrogens (primary N) is 1. The van der Waals surface area contributed by atoms with Crippen molar-refractivity contribution in [1.82, 2.24) is 20.1 Å². The predicted molar refractivity (Wildman–Crippen MR) is 188 cm³/mol. The smallest absolute Gasteiger partial charge is 0.290 e. The number of pyridine rings is 1. The minimum Gasteiger partial charge on any atom is -0.543 e. The largest absolute Gasteiger partial charge is 0.543 e. The summed E-state index contributed by atoms with van der Waals surface area (Å²) in [5.74, 6) is -5.23. The number of thiazole rings is 1. The molecule has 21 heteroatoms. The van der Waals surface area contributed by atoms with E-state index in [0.29, 0.717) is 18.5 Å². The van der Waals surface area contributed by atoms with Crippen LogP contribution in [0, 0.1) is 5.82 Å². The number of aromatic hydroxyl groups is 1. The second kappa shape index (κ2) is 16.4. The molecule has 3 aliphatic rings. The van der Waals surface area contributed by atoms with Crippen molar-refractivity contribution in [3.8, 4) is 5.75 Å². The number of β-lactam (4-membered cyclic amide) rings is 1. The van der Waals surface area contributed by atoms with Gasteiger partial charge >= 0.3 is 0 Å². The molecule has 0 bridgehead atoms. The van der Waals surface area contributed by atoms with Crippen LogP contribution in [0.5, 0.6) is 5.75 Å². The van der Waals surface area contributed by atoms with Gasteiger partial charge in [0.1, 0.15) is 17.1 Å². The Labute approximate surface area is 314 Å². The topological polar surface area (TPSA) is 235 Å². The molecule has 2 fully saturated rings. The molecule has 6 N–H and O–H groups in total. The number of phenolic OH excluding ortho intramolecular Hbond substituents is 1. The van der Waals surface area contributed by atoms with Crippen LogP contribution in [0.25, 0.3) is 0 Å². The van der Waals surface area contributed by atoms with E-state index < -0.39 is 58.1 Å². The lowest BCUT2D eigenvalue weighted by Gasteiger charge is -2.50. The van der Waals surface area contributed by atoms with Crippen LogP contribution in [0.2, 0.25) is 0 Å². The standard InChI is InChI=1S/C31H27FN8O8S2.2ClH/c32-19-10-18(1-2-21(19)41)34-22(42)12-38-6-3-15(4-7-38)11-39-8-5-16(27(39)44)9-17-13-49-29-24(28(45)40(29)25(17)30(46)47)36-26(43)23(37-48)20-14-50-31(33)35-20;;/h1-4,6-7,9-10,14,24,29H,5,8,11-13H2,(H6-,33,34,35,36,37,41,42,43,46,47,48);2*1H/t24-,29-;;/m1../s1. The zero-order valence-electron chi connectivity index (χ0n) is 26.6. The van der Waals surface area contributed by atoms with E-state index in [1.165, 1.54) is 29.3 Å². The van der Waals surface area contributed by atoms with Crippen molar-refractivity contribution in [2.75, 3.05) is 23.3 Å². The van der Waals surface area contributed by atoms with Crippen LogP contribution in [0.4, 0.5) is 15.2 Å². The summed E-state index contributed by atoms with van der Waals surface area (Å²) in [7, 11) is 0. The third-order valence-corrected chi connectivity index (χ3v) is 9.99. The number of hydrogen-bond acceptors (Lipinski definition) is 13. The molecule has 2 saturated heterocycles. The molecule has 2 aromatic heterocycles. The van der Waals surface area contributed by atoms with Crippen molar-refractivity contribution < 1.29 is 48.4 Å². The number of oxime groups is 1. The lowest BCUT2D eigenvalue weighted by atomic mass is 10.0. The Balaban J connectivity index is 0.00000302. The molecular weight excluding hydrogens is 766 g/mol. The fourth-order valence-corrected chi connectivity index (χ4v) is 7.45. The van der Waals surface area contributed by atoms with Gasteiger partial charge in [-0.05, 0) is 35.8 Å². The second-order valence-electron chi connectivity index (χ2n) is 11.3. The molecule has 52 heavy (non-hydrogen) atoms. The van der Waals surface area contributed by atoms with E-state index in [9.17, 15) is 43.8 Å². The molecule has 2 atom stereocenters. The number of carboxylic acids is 1. The summed E-state index contributed by atoms with van der Waals surface area (Å²) in [4.78, 5) is 70.3. The third-order valence-electron chi connectivity index (χ3n) is 8.01. The minimum absolute atomic E-state index is 0. The van der Waals surface area contributed by atoms with Crippen LogP contribution in [0.15, 0.2) is 76.2 Å². The molecule has 6 rings (SSSR count). The number of amides is 4. The quantitative estimate of drug-likeness (QED) is 0.0356. The summed E-state index contributed by atoms with van der Waals surface area (Å²) >= 11 is 2.21. The number of carbonyl (C=O) groups excluding carboxylic acids is 5. The molecule has 3 aromatic rings. The second-order valence-corrected chi connectivity index (χ2v) is 13.3. The Morgan fingerprint density at radius 1 is 1.19 bits per heavy atom. The first-order chi connectivity index (χ1) is 23.9. The van der Waals surface area contributed by atoms with Crippen molar-refractivity contribution in [2.24, 2.45) is 5.16 Å². The van der Waals surface area contributed by atoms with Gasteiger partial charge in [0.25, 0.3) is 17.7 Å². The number of halogens is 3. The van der Waals surface area contributed by atoms with Gasteiger partial charge < -0.3 is 41.5 Å². The highest BCUT2D eigenvalue weighted by Gasteiger charge is 2.53. The third kappa shape index (κ3) is 8.12. The first kappa shape index (κ1) is 39.5. The van der Waals surface area contributed by atoms with Crippen molar-refractivity contribution in [3.05, 3.63) is 88.1 Å². The number of anilines is 2. The minimum atomic E-state index is -1.61. The van der Waals surface area contributed by atoms with E-state index in [4.69, 9.17) is 5.73 Å². The Hall–Kier alpha value is -5.24. The van der Waals surface area contributed by atoms with E-state index in [1.807, 2.05) is 0 Å². The molecule has 274 valence electrons. The monoisotopic (exact) mass is 794 g/mol. The number of rotatable bonds is 10. The maximum absolute atomic E-state index is 13.5. The van der Waals surface area contributed by atoms with E-state index >= 15 is 0 Å². The number of likely N-dealkylation sites (tertiary alicyclic amines) is 1. The van der Waals surface area contributed by atoms with Crippen LogP contribution in [0.1, 0.15) is 17.7 Å². The fourth-order valence-electron chi connectivity index (χ4n) is 5.59. The molecule has 0 unspecified atom stereocenters. The van der Waals surface area contributed by atoms with E-state index in [0.717, 1.165) is 33.9 Å². The number of thioether (sulfide) groups is 1. The van der Waals surface area contributed by atoms with Gasteiger partial charge in [-0.1, -0.05) is 5.16 Å². The maximum Gasteiger partial charge on any atom is 0.290 e. The molecule has 5 heterocycles. The summed E-state index contributed by atoms with van der Waals surface area (Å²) < 4.78 is 15.1. The van der Waals surface area contributed by atoms with Crippen molar-refractivity contribution in [3.63, 3.8) is 0 Å². The first-order valence-electron chi connectivity index (χ1n) is 14.8. The fraction of sp³-hybridized carbons (Fsp3) is 0.226. The molecule has 0 radical (unpaired) electrons. The van der Waals surface area contributed by atoms with E-state index in [1.54, 1.807) is 34.0 Å². The Bertz CT molecular complexity index is 2030. The number of benzene rings is 1. The first-order valence-corrected chi connectivity index (χ1v) is 16.8. The number of nitrogen functional groups attached to an aromatic ring is 1. The zero-order valence-corrected chi connectivity index (χ0v) is 29.8. The van der Waals surface area contributed by atoms with Gasteiger partial charge in [0.05, 0.1) is 11.7 Å². The molecule has 1 aromatic carbocycles. The Kier molecular flexibility index (Phi) is 12.5. The normalized spacial score (nSPS) is 19.0. The number of phenols is 1. The van der Waals surface area contributed by atoms with Gasteiger partial charge in [-0.15, -0.1) is 47.9 Å². The van der Waals surface area contributed by atoms with Crippen LogP contribution >= 0.6 is 47.9 Å². The molecule has 16 nitrogen and oxygen atoms in total. The predicted octanol–water partition coefficient (Wildman–Crippen LogP) is 0.281. The van der Waals surface area contributed by atoms with Crippen LogP contribution in [0.3, 0.4) is 0 Å². The number of carboxylic acid groups (broad SMARTS) is 1. The number of fused-ring (bicyclic) bond motifs is 1. The van der Waals surface area contributed by atoms with Gasteiger partial charge in [-0.2, -0.15) is 4.57 Å². The number of allylic oxidation sites excluding steroid dienone is 1. The number of nitrogens with one attached hydrogen (secondary N) is 2. The van der Waals surface area contributed by atoms with Gasteiger partial charge in [-0.25, -0.2) is 9.37 Å². The van der Waals surface area contributed by atoms with Crippen molar-refractivity contribution in [1.29, 1.82) is 0 Å². The lowest BCUT2D eigenvalue weighted by molar-refractivity contribution is -0.684. The molecule has 4 amide bonds. The summed E-state index contributed by atoms with van der Waals surface area (Å²) in [5.41, 5.74) is 6.29. The summed E-state index contributed by atoms with van der Waals surface area (Å²) in [5, 5.41) is 39.6. The molecule has 0 spiro atoms. The van der Waals surface area contributed by atoms with Gasteiger partial charge in [0.2, 0.25) is 12.5 Å². The molecular formula is C31H29Cl2FN8O8S2. The number of carbonyl (C=O) groups is 5. The summed E-state index contributed by atoms with van der Waals surface area (Å²) in [6.45, 7) is 0.544. The van der Waals surface area contributed by atoms with Crippen molar-refractivity contribution >= 4 is 94.0 Å². The highest BCUT2D eigenvalue weighted by Crippen LogP contribution is 2.41. The SMILES string of the molecule is Cl.Cl.Nc1nc(C(=NO)C(=O)N[C@@H]2C(=O)N3C(C(=O)[O-])=C(C=C4CCN(Cc5cc[n+](CC(=O)Nc6ccc(O)c(F)c6)cc5)C4=O)CS[C@H]23)cs1. The van der Waals surface area contributed by atoms with Gasteiger partial charge in [-0.3, -0.25) is 24.1 Å². The zero-order chi connectivity index (χ0) is 35.7. The number of aliphatic carboxylic acids is 1. The number of nitrogens with zero attached hydrogens (tertiary/aromatic N) is 5. The number of hydrogen-bond donors (Lipinski definition) is 5. The average Bonchev–Trinajstić information content (AvgIpc) is 3.66. The average molecular weight is 796 g/mol. The Morgan fingerprint density at radius 2 is 1.92 bits per heavy atom. The van der Waals surface area contributed by atoms with Crippen LogP contribution < -0.4 is 26.0 Å². The van der Waals surface area contributed by atoms with E-state index in [-0.39, 0.29) is 71.6 Å². The number of aromatic nitrogens is 2. The maximum atomic E-state index is 13.5. The van der Waals surface area contributed by atoms with Gasteiger partial charge in [0.15, 0.2) is 34.8 Å². The van der Waals surface area contributed by atoms with Crippen molar-refractivity contribution in [2.45, 2.75) is 30.9 Å². The summed E-state index contributed by atoms with van der Waals surface area (Å²) in [6.07, 6.45) is 5.11. The highest BCUT2D eigenvalue weighted by atomic mass is 35.5. The van der Waals surface area contributed by atoms with E-state index in [2.05, 4.69) is 20.8 Å². The highest BCUT2D eigenvalue weighted by molar-refractivity contribution is 8.00. The summed E-state index contributed by atoms with van der Waals surface area (Å²) in [6, 6.07) is 5.88. The molecule has 3 aliphatic heterocycles. The van der Waals surface area contributed by atoms with Crippen LogP contribution in [-0.4, -0.2) is 84.1 Å². The molecule has 0 aliphatic carbocycles. The van der Waals surface area contributed by atoms with Gasteiger partial charge in [0, 0.05) is 53.7 Å². The lowest BCUT2D eigenvalue weighted by Crippen LogP contribution is -2.71. The van der Waals surface area contributed by atoms with Crippen LogP contribution in [-0.2, 0) is 37.1 Å². The molecule has 0 saturated carbocycles. The Morgan fingerprint density at radius 3 is 2.56 bits per heavy atom.